The SMILES string of the molecule is CN(C)C(C)(C)CNS(=O)(=O)c1cccnc1CN. The first-order valence-electron chi connectivity index (χ1n) is 6.02. The van der Waals surface area contributed by atoms with Crippen molar-refractivity contribution in [2.24, 2.45) is 5.73 Å². The van der Waals surface area contributed by atoms with E-state index in [1.54, 1.807) is 6.07 Å². The third-order valence-corrected chi connectivity index (χ3v) is 4.71. The van der Waals surface area contributed by atoms with Gasteiger partial charge in [-0.3, -0.25) is 4.98 Å². The molecule has 1 rings (SSSR count). The number of pyridine rings is 1. The number of rotatable bonds is 6. The zero-order chi connectivity index (χ0) is 14.7. The summed E-state index contributed by atoms with van der Waals surface area (Å²) in [7, 11) is 0.224. The molecule has 0 fully saturated rings. The predicted octanol–water partition coefficient (Wildman–Crippen LogP) is 0.159. The molecule has 0 aliphatic heterocycles. The minimum Gasteiger partial charge on any atom is -0.325 e. The summed E-state index contributed by atoms with van der Waals surface area (Å²) in [5, 5.41) is 0. The summed E-state index contributed by atoms with van der Waals surface area (Å²) < 4.78 is 27.1. The van der Waals surface area contributed by atoms with E-state index in [4.69, 9.17) is 5.73 Å². The highest BCUT2D eigenvalue weighted by Crippen LogP contribution is 2.14. The van der Waals surface area contributed by atoms with Crippen molar-refractivity contribution in [2.45, 2.75) is 30.8 Å². The Bertz CT molecular complexity index is 526. The normalized spacial score (nSPS) is 12.9. The molecular formula is C12H22N4O2S. The first-order chi connectivity index (χ1) is 8.70. The van der Waals surface area contributed by atoms with Gasteiger partial charge in [0.05, 0.1) is 5.69 Å². The Morgan fingerprint density at radius 1 is 1.42 bits per heavy atom. The highest BCUT2D eigenvalue weighted by Gasteiger charge is 2.25. The van der Waals surface area contributed by atoms with E-state index in [2.05, 4.69) is 9.71 Å². The Kier molecular flexibility index (Phi) is 5.03. The van der Waals surface area contributed by atoms with E-state index in [0.29, 0.717) is 12.2 Å². The standard InChI is InChI=1S/C12H22N4O2S/c1-12(2,16(3)4)9-15-19(17,18)11-6-5-7-14-10(11)8-13/h5-7,15H,8-9,13H2,1-4H3. The number of sulfonamides is 1. The third-order valence-electron chi connectivity index (χ3n) is 3.24. The molecule has 108 valence electrons. The lowest BCUT2D eigenvalue weighted by Gasteiger charge is -2.32. The van der Waals surface area contributed by atoms with E-state index in [9.17, 15) is 8.42 Å². The van der Waals surface area contributed by atoms with E-state index in [-0.39, 0.29) is 17.0 Å². The van der Waals surface area contributed by atoms with Crippen LogP contribution in [0, 0.1) is 0 Å². The van der Waals surface area contributed by atoms with Gasteiger partial charge in [0, 0.05) is 24.8 Å². The Balaban J connectivity index is 2.94. The number of nitrogens with two attached hydrogens (primary N) is 1. The molecule has 7 heteroatoms. The van der Waals surface area contributed by atoms with Crippen LogP contribution in [0.4, 0.5) is 0 Å². The average Bonchev–Trinajstić information content (AvgIpc) is 2.36. The molecule has 3 N–H and O–H groups in total. The maximum atomic E-state index is 12.3. The largest absolute Gasteiger partial charge is 0.325 e. The van der Waals surface area contributed by atoms with Crippen molar-refractivity contribution >= 4 is 10.0 Å². The summed E-state index contributed by atoms with van der Waals surface area (Å²) >= 11 is 0. The first kappa shape index (κ1) is 16.0. The lowest BCUT2D eigenvalue weighted by Crippen LogP contribution is -2.48. The second kappa shape index (κ2) is 5.96. The molecule has 19 heavy (non-hydrogen) atoms. The van der Waals surface area contributed by atoms with Crippen LogP contribution in [0.15, 0.2) is 23.2 Å². The zero-order valence-corrected chi connectivity index (χ0v) is 12.7. The molecule has 0 amide bonds. The van der Waals surface area contributed by atoms with Gasteiger partial charge in [0.15, 0.2) is 0 Å². The van der Waals surface area contributed by atoms with Crippen molar-refractivity contribution in [3.63, 3.8) is 0 Å². The van der Waals surface area contributed by atoms with Crippen LogP contribution < -0.4 is 10.5 Å². The van der Waals surface area contributed by atoms with Gasteiger partial charge >= 0.3 is 0 Å². The quantitative estimate of drug-likeness (QED) is 0.777. The maximum Gasteiger partial charge on any atom is 0.242 e. The lowest BCUT2D eigenvalue weighted by atomic mass is 10.1. The molecule has 0 radical (unpaired) electrons. The highest BCUT2D eigenvalue weighted by molar-refractivity contribution is 7.89. The molecule has 1 aromatic heterocycles. The van der Waals surface area contributed by atoms with Crippen LogP contribution in [0.25, 0.3) is 0 Å². The van der Waals surface area contributed by atoms with Gasteiger partial charge in [0.1, 0.15) is 4.90 Å². The van der Waals surface area contributed by atoms with Crippen molar-refractivity contribution in [2.75, 3.05) is 20.6 Å². The van der Waals surface area contributed by atoms with Crippen LogP contribution in [0.1, 0.15) is 19.5 Å². The minimum atomic E-state index is -3.59. The van der Waals surface area contributed by atoms with Gasteiger partial charge in [-0.15, -0.1) is 0 Å². The van der Waals surface area contributed by atoms with Gasteiger partial charge < -0.3 is 10.6 Å². The lowest BCUT2D eigenvalue weighted by molar-refractivity contribution is 0.199. The molecule has 0 saturated heterocycles. The number of nitrogens with zero attached hydrogens (tertiary/aromatic N) is 2. The third kappa shape index (κ3) is 3.97. The van der Waals surface area contributed by atoms with E-state index < -0.39 is 10.0 Å². The maximum absolute atomic E-state index is 12.3. The van der Waals surface area contributed by atoms with Crippen LogP contribution in [-0.4, -0.2) is 44.5 Å². The van der Waals surface area contributed by atoms with Crippen molar-refractivity contribution in [1.29, 1.82) is 0 Å². The Hall–Kier alpha value is -1.02. The van der Waals surface area contributed by atoms with Crippen LogP contribution in [0.5, 0.6) is 0 Å². The number of likely N-dealkylation sites (N-methyl/N-ethyl adjacent to an activating group) is 1. The Morgan fingerprint density at radius 3 is 2.58 bits per heavy atom. The summed E-state index contributed by atoms with van der Waals surface area (Å²) in [5.41, 5.74) is 5.61. The smallest absolute Gasteiger partial charge is 0.242 e. The molecule has 6 nitrogen and oxygen atoms in total. The Labute approximate surface area is 115 Å². The number of aromatic nitrogens is 1. The molecule has 0 atom stereocenters. The van der Waals surface area contributed by atoms with Crippen LogP contribution in [-0.2, 0) is 16.6 Å². The molecule has 0 unspecified atom stereocenters. The predicted molar refractivity (Wildman–Crippen MR) is 75.1 cm³/mol. The van der Waals surface area contributed by atoms with E-state index in [1.165, 1.54) is 12.3 Å². The average molecular weight is 286 g/mol. The molecule has 1 aromatic rings. The Morgan fingerprint density at radius 2 is 2.05 bits per heavy atom. The topological polar surface area (TPSA) is 88.3 Å². The number of hydrogen-bond donors (Lipinski definition) is 2. The van der Waals surface area contributed by atoms with Gasteiger partial charge in [-0.1, -0.05) is 0 Å². The van der Waals surface area contributed by atoms with E-state index in [0.717, 1.165) is 0 Å². The van der Waals surface area contributed by atoms with E-state index >= 15 is 0 Å². The van der Waals surface area contributed by atoms with Crippen LogP contribution in [0.3, 0.4) is 0 Å². The van der Waals surface area contributed by atoms with Gasteiger partial charge in [-0.25, -0.2) is 13.1 Å². The summed E-state index contributed by atoms with van der Waals surface area (Å²) in [4.78, 5) is 6.09. The second-order valence-corrected chi connectivity index (χ2v) is 6.92. The van der Waals surface area contributed by atoms with Crippen LogP contribution in [0.2, 0.25) is 0 Å². The molecule has 0 saturated carbocycles. The second-order valence-electron chi connectivity index (χ2n) is 5.18. The molecular weight excluding hydrogens is 264 g/mol. The summed E-state index contributed by atoms with van der Waals surface area (Å²) in [6.45, 7) is 4.32. The van der Waals surface area contributed by atoms with Crippen molar-refractivity contribution < 1.29 is 8.42 Å². The van der Waals surface area contributed by atoms with Crippen LogP contribution >= 0.6 is 0 Å². The molecule has 0 aliphatic carbocycles. The van der Waals surface area contributed by atoms with Gasteiger partial charge in [0.25, 0.3) is 0 Å². The molecule has 1 heterocycles. The van der Waals surface area contributed by atoms with Gasteiger partial charge in [-0.05, 0) is 40.1 Å². The fourth-order valence-electron chi connectivity index (χ4n) is 1.33. The van der Waals surface area contributed by atoms with Gasteiger partial charge in [-0.2, -0.15) is 0 Å². The monoisotopic (exact) mass is 286 g/mol. The number of hydrogen-bond acceptors (Lipinski definition) is 5. The summed E-state index contributed by atoms with van der Waals surface area (Å²) in [6.07, 6.45) is 1.53. The van der Waals surface area contributed by atoms with Crippen molar-refractivity contribution in [3.8, 4) is 0 Å². The van der Waals surface area contributed by atoms with Crippen molar-refractivity contribution in [1.82, 2.24) is 14.6 Å². The van der Waals surface area contributed by atoms with Crippen molar-refractivity contribution in [3.05, 3.63) is 24.0 Å². The van der Waals surface area contributed by atoms with Gasteiger partial charge in [0.2, 0.25) is 10.0 Å². The minimum absolute atomic E-state index is 0.0914. The molecule has 0 spiro atoms. The summed E-state index contributed by atoms with van der Waals surface area (Å²) in [5.74, 6) is 0. The summed E-state index contributed by atoms with van der Waals surface area (Å²) in [6, 6.07) is 3.10. The number of nitrogens with one attached hydrogen (secondary N) is 1. The highest BCUT2D eigenvalue weighted by atomic mass is 32.2. The zero-order valence-electron chi connectivity index (χ0n) is 11.8. The fraction of sp³-hybridized carbons (Fsp3) is 0.583. The van der Waals surface area contributed by atoms with E-state index in [1.807, 2.05) is 32.8 Å². The molecule has 0 aromatic carbocycles. The fourth-order valence-corrected chi connectivity index (χ4v) is 2.73. The first-order valence-corrected chi connectivity index (χ1v) is 7.50. The molecule has 0 bridgehead atoms. The molecule has 0 aliphatic rings.